The fraction of sp³-hybridized carbons (Fsp3) is 0.727. The number of hydrogen-bond acceptors (Lipinski definition) is 5. The Balaban J connectivity index is 1.92. The van der Waals surface area contributed by atoms with Crippen molar-refractivity contribution in [1.82, 2.24) is 10.1 Å². The summed E-state index contributed by atoms with van der Waals surface area (Å²) in [4.78, 5) is 3.96. The predicted octanol–water partition coefficient (Wildman–Crippen LogP) is 2.41. The van der Waals surface area contributed by atoms with Crippen LogP contribution in [0.1, 0.15) is 31.5 Å². The number of aromatic nitrogens is 2. The highest BCUT2D eigenvalue weighted by molar-refractivity contribution is 5.26. The smallest absolute Gasteiger partial charge is 0.364 e. The third kappa shape index (κ3) is 2.87. The van der Waals surface area contributed by atoms with Gasteiger partial charge < -0.3 is 9.26 Å². The zero-order chi connectivity index (χ0) is 14.3. The molecule has 1 aromatic rings. The summed E-state index contributed by atoms with van der Waals surface area (Å²) in [5.41, 5.74) is -0.245. The monoisotopic (exact) mass is 275 g/mol. The van der Waals surface area contributed by atoms with Crippen LogP contribution in [0.4, 0.5) is 13.2 Å². The van der Waals surface area contributed by atoms with Crippen LogP contribution in [0.15, 0.2) is 4.52 Å². The van der Waals surface area contributed by atoms with E-state index in [2.05, 4.69) is 20.9 Å². The van der Waals surface area contributed by atoms with Crippen molar-refractivity contribution in [3.63, 3.8) is 0 Å². The second kappa shape index (κ2) is 4.49. The standard InChI is InChI=1S/C11H12F3N3O2/c1-10(2)6(3-15)8(10)9-16-7(17-19-9)4-18-5-11(12,13)14/h6,8H,4-5H2,1-2H3. The number of nitrogens with zero attached hydrogens (tertiary/aromatic N) is 3. The van der Waals surface area contributed by atoms with E-state index in [1.165, 1.54) is 0 Å². The van der Waals surface area contributed by atoms with E-state index in [0.717, 1.165) is 0 Å². The minimum Gasteiger partial charge on any atom is -0.364 e. The summed E-state index contributed by atoms with van der Waals surface area (Å²) in [7, 11) is 0. The first-order chi connectivity index (χ1) is 8.75. The molecular formula is C11H12F3N3O2. The molecule has 2 atom stereocenters. The van der Waals surface area contributed by atoms with E-state index in [1.807, 2.05) is 13.8 Å². The molecule has 19 heavy (non-hydrogen) atoms. The average Bonchev–Trinajstić information content (AvgIpc) is 2.64. The molecule has 0 saturated heterocycles. The Morgan fingerprint density at radius 2 is 2.16 bits per heavy atom. The lowest BCUT2D eigenvalue weighted by Crippen LogP contribution is -2.16. The van der Waals surface area contributed by atoms with Crippen LogP contribution in [-0.2, 0) is 11.3 Å². The zero-order valence-corrected chi connectivity index (χ0v) is 10.4. The molecule has 5 nitrogen and oxygen atoms in total. The molecule has 0 radical (unpaired) electrons. The Morgan fingerprint density at radius 3 is 2.68 bits per heavy atom. The molecule has 0 amide bonds. The maximum absolute atomic E-state index is 11.9. The van der Waals surface area contributed by atoms with Crippen molar-refractivity contribution < 1.29 is 22.4 Å². The highest BCUT2D eigenvalue weighted by Gasteiger charge is 2.62. The van der Waals surface area contributed by atoms with Crippen LogP contribution in [-0.4, -0.2) is 22.9 Å². The zero-order valence-electron chi connectivity index (χ0n) is 10.4. The fourth-order valence-electron chi connectivity index (χ4n) is 2.05. The summed E-state index contributed by atoms with van der Waals surface area (Å²) in [6, 6.07) is 2.14. The first-order valence-electron chi connectivity index (χ1n) is 5.62. The van der Waals surface area contributed by atoms with E-state index in [4.69, 9.17) is 9.78 Å². The van der Waals surface area contributed by atoms with Crippen molar-refractivity contribution in [2.45, 2.75) is 32.5 Å². The van der Waals surface area contributed by atoms with Crippen molar-refractivity contribution in [3.8, 4) is 6.07 Å². The average molecular weight is 275 g/mol. The first kappa shape index (κ1) is 13.8. The van der Waals surface area contributed by atoms with Crippen LogP contribution in [0.3, 0.4) is 0 Å². The Labute approximate surface area is 107 Å². The highest BCUT2D eigenvalue weighted by Crippen LogP contribution is 2.63. The number of halogens is 3. The molecule has 8 heteroatoms. The maximum Gasteiger partial charge on any atom is 0.411 e. The van der Waals surface area contributed by atoms with Crippen LogP contribution >= 0.6 is 0 Å². The van der Waals surface area contributed by atoms with Gasteiger partial charge in [0.2, 0.25) is 5.89 Å². The van der Waals surface area contributed by atoms with Gasteiger partial charge in [-0.1, -0.05) is 19.0 Å². The normalized spacial score (nSPS) is 25.1. The molecule has 1 aliphatic carbocycles. The van der Waals surface area contributed by atoms with Gasteiger partial charge in [0, 0.05) is 0 Å². The molecule has 104 valence electrons. The number of alkyl halides is 3. The van der Waals surface area contributed by atoms with Crippen LogP contribution in [0.2, 0.25) is 0 Å². The van der Waals surface area contributed by atoms with E-state index < -0.39 is 12.8 Å². The molecule has 2 unspecified atom stereocenters. The third-order valence-electron chi connectivity index (χ3n) is 3.21. The first-order valence-corrected chi connectivity index (χ1v) is 5.62. The third-order valence-corrected chi connectivity index (χ3v) is 3.21. The van der Waals surface area contributed by atoms with Crippen molar-refractivity contribution in [3.05, 3.63) is 11.7 Å². The quantitative estimate of drug-likeness (QED) is 0.843. The number of rotatable bonds is 4. The Hall–Kier alpha value is -1.62. The van der Waals surface area contributed by atoms with Crippen LogP contribution in [0, 0.1) is 22.7 Å². The molecule has 1 aliphatic rings. The van der Waals surface area contributed by atoms with E-state index in [9.17, 15) is 13.2 Å². The Kier molecular flexibility index (Phi) is 3.26. The van der Waals surface area contributed by atoms with Crippen LogP contribution in [0.5, 0.6) is 0 Å². The van der Waals surface area contributed by atoms with Gasteiger partial charge in [-0.05, 0) is 5.41 Å². The summed E-state index contributed by atoms with van der Waals surface area (Å²) < 4.78 is 45.0. The number of ether oxygens (including phenoxy) is 1. The molecule has 0 N–H and O–H groups in total. The molecule has 1 saturated carbocycles. The van der Waals surface area contributed by atoms with Gasteiger partial charge in [-0.25, -0.2) is 0 Å². The summed E-state index contributed by atoms with van der Waals surface area (Å²) in [5.74, 6) is -0.0425. The van der Waals surface area contributed by atoms with Crippen LogP contribution in [0.25, 0.3) is 0 Å². The lowest BCUT2D eigenvalue weighted by molar-refractivity contribution is -0.177. The molecule has 0 aromatic carbocycles. The molecule has 1 heterocycles. The van der Waals surface area contributed by atoms with Crippen molar-refractivity contribution in [2.24, 2.45) is 11.3 Å². The Bertz CT molecular complexity index is 504. The summed E-state index contributed by atoms with van der Waals surface area (Å²) in [6.07, 6.45) is -4.38. The fourth-order valence-corrected chi connectivity index (χ4v) is 2.05. The highest BCUT2D eigenvalue weighted by atomic mass is 19.4. The van der Waals surface area contributed by atoms with Gasteiger partial charge in [-0.3, -0.25) is 0 Å². The molecule has 1 aromatic heterocycles. The number of hydrogen-bond donors (Lipinski definition) is 0. The van der Waals surface area contributed by atoms with Crippen molar-refractivity contribution >= 4 is 0 Å². The topological polar surface area (TPSA) is 71.9 Å². The van der Waals surface area contributed by atoms with E-state index >= 15 is 0 Å². The van der Waals surface area contributed by atoms with Gasteiger partial charge in [0.15, 0.2) is 5.82 Å². The van der Waals surface area contributed by atoms with Gasteiger partial charge in [0.25, 0.3) is 0 Å². The van der Waals surface area contributed by atoms with Gasteiger partial charge >= 0.3 is 6.18 Å². The van der Waals surface area contributed by atoms with Crippen molar-refractivity contribution in [2.75, 3.05) is 6.61 Å². The molecular weight excluding hydrogens is 263 g/mol. The van der Waals surface area contributed by atoms with Gasteiger partial charge in [0.05, 0.1) is 17.9 Å². The second-order valence-corrected chi connectivity index (χ2v) is 5.06. The summed E-state index contributed by atoms with van der Waals surface area (Å²) in [5, 5.41) is 12.5. The SMILES string of the molecule is CC1(C)C(C#N)C1c1nc(COCC(F)(F)F)no1. The van der Waals surface area contributed by atoms with Crippen LogP contribution < -0.4 is 0 Å². The largest absolute Gasteiger partial charge is 0.411 e. The predicted molar refractivity (Wildman–Crippen MR) is 55.6 cm³/mol. The lowest BCUT2D eigenvalue weighted by atomic mass is 10.1. The molecule has 1 fully saturated rings. The summed E-state index contributed by atoms with van der Waals surface area (Å²) in [6.45, 7) is 2.07. The van der Waals surface area contributed by atoms with E-state index in [1.54, 1.807) is 0 Å². The molecule has 0 spiro atoms. The Morgan fingerprint density at radius 1 is 1.47 bits per heavy atom. The van der Waals surface area contributed by atoms with E-state index in [-0.39, 0.29) is 35.6 Å². The van der Waals surface area contributed by atoms with Gasteiger partial charge in [-0.15, -0.1) is 0 Å². The molecule has 0 aliphatic heterocycles. The lowest BCUT2D eigenvalue weighted by Gasteiger charge is -2.04. The summed E-state index contributed by atoms with van der Waals surface area (Å²) >= 11 is 0. The minimum absolute atomic E-state index is 0.0543. The number of nitriles is 1. The molecule has 2 rings (SSSR count). The van der Waals surface area contributed by atoms with E-state index in [0.29, 0.717) is 0 Å². The van der Waals surface area contributed by atoms with Crippen molar-refractivity contribution in [1.29, 1.82) is 5.26 Å². The second-order valence-electron chi connectivity index (χ2n) is 5.06. The van der Waals surface area contributed by atoms with Gasteiger partial charge in [0.1, 0.15) is 13.2 Å². The molecule has 0 bridgehead atoms. The maximum atomic E-state index is 11.9. The van der Waals surface area contributed by atoms with Gasteiger partial charge in [-0.2, -0.15) is 23.4 Å². The minimum atomic E-state index is -4.38.